The van der Waals surface area contributed by atoms with Gasteiger partial charge in [-0.3, -0.25) is 0 Å². The van der Waals surface area contributed by atoms with E-state index in [0.717, 1.165) is 22.1 Å². The van der Waals surface area contributed by atoms with Gasteiger partial charge in [0.25, 0.3) is 0 Å². The third-order valence-corrected chi connectivity index (χ3v) is 4.13. The van der Waals surface area contributed by atoms with E-state index in [1.54, 1.807) is 18.4 Å². The summed E-state index contributed by atoms with van der Waals surface area (Å²) in [6.45, 7) is 2.02. The van der Waals surface area contributed by atoms with E-state index in [2.05, 4.69) is 0 Å². The first-order valence-electron chi connectivity index (χ1n) is 5.69. The van der Waals surface area contributed by atoms with Crippen LogP contribution in [0.15, 0.2) is 36.4 Å². The smallest absolute Gasteiger partial charge is 0.119 e. The summed E-state index contributed by atoms with van der Waals surface area (Å²) < 4.78 is 6.03. The van der Waals surface area contributed by atoms with E-state index in [4.69, 9.17) is 22.1 Å². The molecule has 0 aliphatic carbocycles. The molecule has 2 rings (SSSR count). The minimum absolute atomic E-state index is 0.428. The van der Waals surface area contributed by atoms with E-state index < -0.39 is 5.54 Å². The average Bonchev–Trinajstić information content (AvgIpc) is 2.74. The van der Waals surface area contributed by atoms with Crippen LogP contribution in [-0.2, 0) is 12.0 Å². The Labute approximate surface area is 116 Å². The Hall–Kier alpha value is -1.03. The summed E-state index contributed by atoms with van der Waals surface area (Å²) in [5.74, 6) is 0.827. The number of benzene rings is 1. The molecule has 2 nitrogen and oxygen atoms in total. The number of nitrogens with two attached hydrogens (primary N) is 1. The molecule has 0 aliphatic heterocycles. The average molecular weight is 282 g/mol. The molecule has 0 bridgehead atoms. The van der Waals surface area contributed by atoms with Gasteiger partial charge in [-0.25, -0.2) is 0 Å². The quantitative estimate of drug-likeness (QED) is 0.924. The van der Waals surface area contributed by atoms with Crippen LogP contribution in [0.1, 0.15) is 17.4 Å². The van der Waals surface area contributed by atoms with E-state index in [1.165, 1.54) is 4.88 Å². The molecule has 0 saturated heterocycles. The number of hydrogen-bond donors (Lipinski definition) is 1. The van der Waals surface area contributed by atoms with Gasteiger partial charge in [-0.1, -0.05) is 23.7 Å². The van der Waals surface area contributed by atoms with Crippen molar-refractivity contribution in [2.24, 2.45) is 5.73 Å². The van der Waals surface area contributed by atoms with Crippen LogP contribution in [0.3, 0.4) is 0 Å². The standard InChI is InChI=1S/C14H16ClNOS/c1-14(16,9-12-6-7-13(15)18-12)10-4-3-5-11(8-10)17-2/h3-8H,9,16H2,1-2H3. The van der Waals surface area contributed by atoms with Crippen molar-refractivity contribution in [1.82, 2.24) is 0 Å². The number of thiophene rings is 1. The minimum atomic E-state index is -0.428. The highest BCUT2D eigenvalue weighted by molar-refractivity contribution is 7.16. The Balaban J connectivity index is 2.23. The normalized spacial score (nSPS) is 14.2. The zero-order valence-corrected chi connectivity index (χ0v) is 12.0. The summed E-state index contributed by atoms with van der Waals surface area (Å²) in [6, 6.07) is 11.8. The molecular weight excluding hydrogens is 266 g/mol. The molecule has 2 aromatic rings. The molecule has 0 amide bonds. The van der Waals surface area contributed by atoms with Crippen molar-refractivity contribution >= 4 is 22.9 Å². The lowest BCUT2D eigenvalue weighted by Crippen LogP contribution is -2.35. The first kappa shape index (κ1) is 13.4. The lowest BCUT2D eigenvalue weighted by atomic mass is 9.89. The van der Waals surface area contributed by atoms with Gasteiger partial charge in [0.05, 0.1) is 11.4 Å². The molecule has 96 valence electrons. The van der Waals surface area contributed by atoms with E-state index in [9.17, 15) is 0 Å². The third-order valence-electron chi connectivity index (χ3n) is 2.90. The van der Waals surface area contributed by atoms with E-state index in [-0.39, 0.29) is 0 Å². The van der Waals surface area contributed by atoms with Gasteiger partial charge < -0.3 is 10.5 Å². The summed E-state index contributed by atoms with van der Waals surface area (Å²) in [5, 5.41) is 0. The fourth-order valence-corrected chi connectivity index (χ4v) is 3.14. The summed E-state index contributed by atoms with van der Waals surface area (Å²) >= 11 is 7.51. The van der Waals surface area contributed by atoms with Gasteiger partial charge in [0.1, 0.15) is 5.75 Å². The zero-order valence-electron chi connectivity index (χ0n) is 10.4. The molecule has 0 aliphatic rings. The predicted octanol–water partition coefficient (Wildman–Crippen LogP) is 3.83. The van der Waals surface area contributed by atoms with Gasteiger partial charge in [0.15, 0.2) is 0 Å². The van der Waals surface area contributed by atoms with Crippen LogP contribution in [0, 0.1) is 0 Å². The van der Waals surface area contributed by atoms with Crippen molar-refractivity contribution in [3.63, 3.8) is 0 Å². The SMILES string of the molecule is COc1cccc(C(C)(N)Cc2ccc(Cl)s2)c1. The second-order valence-electron chi connectivity index (χ2n) is 4.53. The molecule has 0 fully saturated rings. The molecule has 1 heterocycles. The Morgan fingerprint density at radius 3 is 2.72 bits per heavy atom. The number of hydrogen-bond acceptors (Lipinski definition) is 3. The summed E-state index contributed by atoms with van der Waals surface area (Å²) in [4.78, 5) is 1.19. The summed E-state index contributed by atoms with van der Waals surface area (Å²) in [6.07, 6.45) is 0.761. The fourth-order valence-electron chi connectivity index (χ4n) is 1.89. The number of halogens is 1. The van der Waals surface area contributed by atoms with E-state index in [1.807, 2.05) is 43.3 Å². The largest absolute Gasteiger partial charge is 0.497 e. The maximum absolute atomic E-state index is 6.41. The Kier molecular flexibility index (Phi) is 3.95. The van der Waals surface area contributed by atoms with Crippen molar-refractivity contribution in [3.8, 4) is 5.75 Å². The highest BCUT2D eigenvalue weighted by Crippen LogP contribution is 2.30. The maximum Gasteiger partial charge on any atom is 0.119 e. The molecule has 18 heavy (non-hydrogen) atoms. The van der Waals surface area contributed by atoms with Gasteiger partial charge in [-0.2, -0.15) is 0 Å². The Morgan fingerprint density at radius 2 is 2.11 bits per heavy atom. The predicted molar refractivity (Wildman–Crippen MR) is 77.6 cm³/mol. The van der Waals surface area contributed by atoms with Crippen LogP contribution < -0.4 is 10.5 Å². The van der Waals surface area contributed by atoms with Gasteiger partial charge in [0.2, 0.25) is 0 Å². The third kappa shape index (κ3) is 3.05. The molecule has 1 atom stereocenters. The zero-order chi connectivity index (χ0) is 13.2. The second kappa shape index (κ2) is 5.31. The van der Waals surface area contributed by atoms with Gasteiger partial charge >= 0.3 is 0 Å². The molecule has 0 saturated carbocycles. The maximum atomic E-state index is 6.41. The lowest BCUT2D eigenvalue weighted by molar-refractivity contribution is 0.410. The summed E-state index contributed by atoms with van der Waals surface area (Å²) in [7, 11) is 1.66. The number of ether oxygens (including phenoxy) is 1. The lowest BCUT2D eigenvalue weighted by Gasteiger charge is -2.25. The van der Waals surface area contributed by atoms with Crippen LogP contribution in [0.25, 0.3) is 0 Å². The van der Waals surface area contributed by atoms with Gasteiger partial charge in [0, 0.05) is 16.8 Å². The first-order chi connectivity index (χ1) is 8.51. The highest BCUT2D eigenvalue weighted by atomic mass is 35.5. The van der Waals surface area contributed by atoms with Crippen LogP contribution in [0.4, 0.5) is 0 Å². The van der Waals surface area contributed by atoms with Crippen molar-refractivity contribution in [3.05, 3.63) is 51.2 Å². The fraction of sp³-hybridized carbons (Fsp3) is 0.286. The van der Waals surface area contributed by atoms with Gasteiger partial charge in [-0.15, -0.1) is 11.3 Å². The van der Waals surface area contributed by atoms with Crippen molar-refractivity contribution in [2.75, 3.05) is 7.11 Å². The highest BCUT2D eigenvalue weighted by Gasteiger charge is 2.23. The van der Waals surface area contributed by atoms with Gasteiger partial charge in [-0.05, 0) is 36.8 Å². The number of methoxy groups -OCH3 is 1. The van der Waals surface area contributed by atoms with E-state index in [0.29, 0.717) is 0 Å². The molecule has 0 spiro atoms. The molecule has 4 heteroatoms. The molecule has 1 unspecified atom stereocenters. The van der Waals surface area contributed by atoms with Crippen molar-refractivity contribution < 1.29 is 4.74 Å². The molecular formula is C14H16ClNOS. The molecule has 0 radical (unpaired) electrons. The van der Waals surface area contributed by atoms with Crippen LogP contribution in [0.2, 0.25) is 4.34 Å². The topological polar surface area (TPSA) is 35.2 Å². The second-order valence-corrected chi connectivity index (χ2v) is 6.33. The molecule has 1 aromatic heterocycles. The molecule has 1 aromatic carbocycles. The minimum Gasteiger partial charge on any atom is -0.497 e. The Bertz CT molecular complexity index is 536. The Morgan fingerprint density at radius 1 is 1.33 bits per heavy atom. The monoisotopic (exact) mass is 281 g/mol. The number of rotatable bonds is 4. The first-order valence-corrected chi connectivity index (χ1v) is 6.88. The van der Waals surface area contributed by atoms with Crippen LogP contribution in [0.5, 0.6) is 5.75 Å². The van der Waals surface area contributed by atoms with Crippen LogP contribution >= 0.6 is 22.9 Å². The summed E-state index contributed by atoms with van der Waals surface area (Å²) in [5.41, 5.74) is 7.04. The van der Waals surface area contributed by atoms with Crippen molar-refractivity contribution in [2.45, 2.75) is 18.9 Å². The molecule has 2 N–H and O–H groups in total. The van der Waals surface area contributed by atoms with Crippen LogP contribution in [-0.4, -0.2) is 7.11 Å². The van der Waals surface area contributed by atoms with Crippen molar-refractivity contribution in [1.29, 1.82) is 0 Å². The van der Waals surface area contributed by atoms with E-state index >= 15 is 0 Å².